The van der Waals surface area contributed by atoms with E-state index in [1.54, 1.807) is 19.0 Å². The molecule has 3 heterocycles. The van der Waals surface area contributed by atoms with E-state index in [1.807, 2.05) is 31.2 Å². The third-order valence-corrected chi connectivity index (χ3v) is 7.94. The van der Waals surface area contributed by atoms with Gasteiger partial charge in [-0.3, -0.25) is 14.5 Å². The Labute approximate surface area is 222 Å². The average Bonchev–Trinajstić information content (AvgIpc) is 3.09. The summed E-state index contributed by atoms with van der Waals surface area (Å²) in [4.78, 5) is 36.2. The largest absolute Gasteiger partial charge is 0.441 e. The fourth-order valence-electron chi connectivity index (χ4n) is 5.54. The molecule has 2 aliphatic rings. The summed E-state index contributed by atoms with van der Waals surface area (Å²) in [5.41, 5.74) is 2.46. The molecule has 0 spiro atoms. The fourth-order valence-corrected chi connectivity index (χ4v) is 5.54. The van der Waals surface area contributed by atoms with Crippen molar-refractivity contribution < 1.29 is 14.0 Å². The van der Waals surface area contributed by atoms with Crippen LogP contribution in [0.2, 0.25) is 0 Å². The predicted octanol–water partition coefficient (Wildman–Crippen LogP) is 5.18. The topological polar surface area (TPSA) is 69.9 Å². The number of likely N-dealkylation sites (tertiary alicyclic amines) is 2. The van der Waals surface area contributed by atoms with Crippen LogP contribution in [-0.2, 0) is 11.3 Å². The summed E-state index contributed by atoms with van der Waals surface area (Å²) in [6.45, 7) is 8.18. The molecule has 0 radical (unpaired) electrons. The molecule has 0 unspecified atom stereocenters. The summed E-state index contributed by atoms with van der Waals surface area (Å²) in [6, 6.07) is 7.40. The number of ketones is 1. The second-order valence-electron chi connectivity index (χ2n) is 11.0. The van der Waals surface area contributed by atoms with Crippen molar-refractivity contribution in [1.82, 2.24) is 19.7 Å². The quantitative estimate of drug-likeness (QED) is 0.412. The Morgan fingerprint density at radius 3 is 2.27 bits per heavy atom. The molecule has 2 aromatic rings. The van der Waals surface area contributed by atoms with E-state index >= 15 is 0 Å². The van der Waals surface area contributed by atoms with Crippen LogP contribution < -0.4 is 0 Å². The Kier molecular flexibility index (Phi) is 9.92. The van der Waals surface area contributed by atoms with Crippen LogP contribution in [0.15, 0.2) is 28.7 Å². The van der Waals surface area contributed by atoms with Gasteiger partial charge in [0.1, 0.15) is 11.5 Å². The summed E-state index contributed by atoms with van der Waals surface area (Å²) in [5, 5.41) is 0. The molecule has 37 heavy (non-hydrogen) atoms. The lowest BCUT2D eigenvalue weighted by Gasteiger charge is -2.30. The molecular weight excluding hydrogens is 464 g/mol. The van der Waals surface area contributed by atoms with E-state index in [4.69, 9.17) is 9.40 Å². The van der Waals surface area contributed by atoms with Gasteiger partial charge in [0.2, 0.25) is 5.89 Å². The number of hydrogen-bond donors (Lipinski definition) is 0. The van der Waals surface area contributed by atoms with Gasteiger partial charge in [-0.05, 0) is 102 Å². The second-order valence-corrected chi connectivity index (χ2v) is 11.0. The van der Waals surface area contributed by atoms with Crippen LogP contribution in [0.3, 0.4) is 0 Å². The lowest BCUT2D eigenvalue weighted by Crippen LogP contribution is -2.36. The zero-order valence-electron chi connectivity index (χ0n) is 23.0. The molecule has 1 aromatic heterocycles. The minimum absolute atomic E-state index is 0.0227. The molecule has 2 fully saturated rings. The molecule has 1 aromatic carbocycles. The van der Waals surface area contributed by atoms with Crippen molar-refractivity contribution in [2.45, 2.75) is 71.3 Å². The standard InChI is InChI=1S/C30H44N4O3/c1-23-27(31-29(37-23)25-11-13-26(14-12-25)30(36)32(2)3)22-34-20-15-24(16-21-34)28(35)10-6-9-19-33-17-7-4-5-8-18-33/h11-14,24H,4-10,15-22H2,1-3H3. The predicted molar refractivity (Wildman–Crippen MR) is 146 cm³/mol. The SMILES string of the molecule is Cc1oc(-c2ccc(C(=O)N(C)C)cc2)nc1CN1CCC(C(=O)CCCCN2CCCCCC2)CC1. The number of benzene rings is 1. The first kappa shape index (κ1) is 27.5. The molecule has 4 rings (SSSR count). The molecule has 0 atom stereocenters. The van der Waals surface area contributed by atoms with Crippen molar-refractivity contribution in [2.75, 3.05) is 46.8 Å². The number of hydrogen-bond acceptors (Lipinski definition) is 6. The summed E-state index contributed by atoms with van der Waals surface area (Å²) in [5.74, 6) is 2.07. The van der Waals surface area contributed by atoms with Crippen molar-refractivity contribution in [1.29, 1.82) is 0 Å². The summed E-state index contributed by atoms with van der Waals surface area (Å²) < 4.78 is 5.96. The van der Waals surface area contributed by atoms with Gasteiger partial charge in [0, 0.05) is 44.1 Å². The van der Waals surface area contributed by atoms with Crippen LogP contribution in [0.25, 0.3) is 11.5 Å². The van der Waals surface area contributed by atoms with Gasteiger partial charge in [-0.2, -0.15) is 0 Å². The lowest BCUT2D eigenvalue weighted by molar-refractivity contribution is -0.124. The summed E-state index contributed by atoms with van der Waals surface area (Å²) >= 11 is 0. The number of aryl methyl sites for hydroxylation is 1. The molecule has 7 nitrogen and oxygen atoms in total. The highest BCUT2D eigenvalue weighted by Crippen LogP contribution is 2.26. The molecule has 0 bridgehead atoms. The number of aromatic nitrogens is 1. The number of oxazole rings is 1. The van der Waals surface area contributed by atoms with Gasteiger partial charge in [-0.15, -0.1) is 0 Å². The number of nitrogens with zero attached hydrogens (tertiary/aromatic N) is 4. The Morgan fingerprint density at radius 1 is 0.946 bits per heavy atom. The van der Waals surface area contributed by atoms with Crippen molar-refractivity contribution >= 4 is 11.7 Å². The average molecular weight is 509 g/mol. The van der Waals surface area contributed by atoms with E-state index < -0.39 is 0 Å². The van der Waals surface area contributed by atoms with E-state index in [0.29, 0.717) is 17.2 Å². The minimum atomic E-state index is -0.0227. The monoisotopic (exact) mass is 508 g/mol. The van der Waals surface area contributed by atoms with Crippen LogP contribution in [0.4, 0.5) is 0 Å². The molecule has 0 aliphatic carbocycles. The maximum absolute atomic E-state index is 12.8. The van der Waals surface area contributed by atoms with E-state index in [0.717, 1.165) is 75.3 Å². The van der Waals surface area contributed by atoms with Crippen molar-refractivity contribution in [2.24, 2.45) is 5.92 Å². The molecular formula is C30H44N4O3. The van der Waals surface area contributed by atoms with Gasteiger partial charge in [0.05, 0.1) is 5.69 Å². The van der Waals surface area contributed by atoms with Gasteiger partial charge in [0.15, 0.2) is 0 Å². The van der Waals surface area contributed by atoms with Gasteiger partial charge < -0.3 is 14.2 Å². The number of rotatable bonds is 10. The normalized spacial score (nSPS) is 18.0. The lowest BCUT2D eigenvalue weighted by atomic mass is 9.90. The second kappa shape index (κ2) is 13.3. The number of piperidine rings is 1. The Bertz CT molecular complexity index is 1010. The van der Waals surface area contributed by atoms with Gasteiger partial charge in [-0.25, -0.2) is 4.98 Å². The third-order valence-electron chi connectivity index (χ3n) is 7.94. The molecule has 1 amide bonds. The van der Waals surface area contributed by atoms with Crippen LogP contribution in [0.5, 0.6) is 0 Å². The highest BCUT2D eigenvalue weighted by Gasteiger charge is 2.26. The first-order valence-corrected chi connectivity index (χ1v) is 14.2. The van der Waals surface area contributed by atoms with Crippen LogP contribution in [0.1, 0.15) is 79.6 Å². The molecule has 7 heteroatoms. The van der Waals surface area contributed by atoms with Gasteiger partial charge in [-0.1, -0.05) is 12.8 Å². The molecule has 0 N–H and O–H groups in total. The first-order valence-electron chi connectivity index (χ1n) is 14.2. The van der Waals surface area contributed by atoms with Crippen LogP contribution in [0, 0.1) is 12.8 Å². The number of unbranched alkanes of at least 4 members (excludes halogenated alkanes) is 1. The van der Waals surface area contributed by atoms with Crippen LogP contribution >= 0.6 is 0 Å². The van der Waals surface area contributed by atoms with Crippen molar-refractivity contribution in [3.8, 4) is 11.5 Å². The number of carbonyl (C=O) groups excluding carboxylic acids is 2. The third kappa shape index (κ3) is 7.74. The van der Waals surface area contributed by atoms with E-state index in [2.05, 4.69) is 9.80 Å². The van der Waals surface area contributed by atoms with Gasteiger partial charge >= 0.3 is 0 Å². The Morgan fingerprint density at radius 2 is 1.62 bits per heavy atom. The Balaban J connectivity index is 1.20. The van der Waals surface area contributed by atoms with Crippen molar-refractivity contribution in [3.63, 3.8) is 0 Å². The van der Waals surface area contributed by atoms with E-state index in [1.165, 1.54) is 38.8 Å². The zero-order valence-corrected chi connectivity index (χ0v) is 23.0. The molecule has 202 valence electrons. The number of Topliss-reactive ketones (excluding diaryl/α,β-unsaturated/α-hetero) is 1. The first-order chi connectivity index (χ1) is 17.9. The van der Waals surface area contributed by atoms with Gasteiger partial charge in [0.25, 0.3) is 5.91 Å². The summed E-state index contributed by atoms with van der Waals surface area (Å²) in [7, 11) is 3.49. The van der Waals surface area contributed by atoms with Crippen molar-refractivity contribution in [3.05, 3.63) is 41.3 Å². The smallest absolute Gasteiger partial charge is 0.253 e. The maximum Gasteiger partial charge on any atom is 0.253 e. The zero-order chi connectivity index (χ0) is 26.2. The summed E-state index contributed by atoms with van der Waals surface area (Å²) in [6.07, 6.45) is 10.2. The highest BCUT2D eigenvalue weighted by molar-refractivity contribution is 5.94. The molecule has 2 aliphatic heterocycles. The number of amides is 1. The highest BCUT2D eigenvalue weighted by atomic mass is 16.4. The fraction of sp³-hybridized carbons (Fsp3) is 0.633. The number of carbonyl (C=O) groups is 2. The van der Waals surface area contributed by atoms with Crippen LogP contribution in [-0.4, -0.2) is 78.2 Å². The van der Waals surface area contributed by atoms with E-state index in [9.17, 15) is 9.59 Å². The maximum atomic E-state index is 12.8. The van der Waals surface area contributed by atoms with E-state index in [-0.39, 0.29) is 11.8 Å². The molecule has 2 saturated heterocycles. The Hall–Kier alpha value is -2.51. The minimum Gasteiger partial charge on any atom is -0.441 e. The molecule has 0 saturated carbocycles.